The molecule has 1 rings (SSSR count). The van der Waals surface area contributed by atoms with E-state index in [9.17, 15) is 0 Å². The maximum atomic E-state index is 5.77. The number of aliphatic imine (C=N–C) groups is 1. The fourth-order valence-electron chi connectivity index (χ4n) is 1.69. The number of hydrogen-bond acceptors (Lipinski definition) is 3. The summed E-state index contributed by atoms with van der Waals surface area (Å²) in [7, 11) is 0. The first kappa shape index (κ1) is 12.5. The first-order chi connectivity index (χ1) is 7.41. The molecule has 0 radical (unpaired) electrons. The normalized spacial score (nSPS) is 14.2. The van der Waals surface area contributed by atoms with Crippen LogP contribution in [0, 0.1) is 13.8 Å². The Morgan fingerprint density at radius 3 is 2.44 bits per heavy atom. The highest BCUT2D eigenvalue weighted by molar-refractivity contribution is 5.78. The van der Waals surface area contributed by atoms with E-state index in [1.54, 1.807) is 0 Å². The summed E-state index contributed by atoms with van der Waals surface area (Å²) in [6.07, 6.45) is 0. The summed E-state index contributed by atoms with van der Waals surface area (Å²) < 4.78 is 5.10. The van der Waals surface area contributed by atoms with Crippen molar-refractivity contribution in [2.45, 2.75) is 46.7 Å². The number of aryl methyl sites for hydroxylation is 2. The molecule has 0 spiro atoms. The Morgan fingerprint density at radius 2 is 2.00 bits per heavy atom. The van der Waals surface area contributed by atoms with Crippen molar-refractivity contribution in [1.29, 1.82) is 0 Å². The predicted molar refractivity (Wildman–Crippen MR) is 64.3 cm³/mol. The van der Waals surface area contributed by atoms with E-state index in [0.29, 0.717) is 5.96 Å². The minimum Gasteiger partial charge on any atom is -0.370 e. The van der Waals surface area contributed by atoms with Crippen LogP contribution >= 0.6 is 0 Å². The lowest BCUT2D eigenvalue weighted by molar-refractivity contribution is 0.391. The van der Waals surface area contributed by atoms with Crippen molar-refractivity contribution in [2.24, 2.45) is 10.7 Å². The highest BCUT2D eigenvalue weighted by atomic mass is 16.5. The lowest BCUT2D eigenvalue weighted by Crippen LogP contribution is -2.37. The van der Waals surface area contributed by atoms with E-state index in [4.69, 9.17) is 10.3 Å². The molecule has 1 aromatic heterocycles. The first-order valence-corrected chi connectivity index (χ1v) is 5.44. The number of nitrogens with two attached hydrogens (primary N) is 1. The molecular formula is C11H20N4O. The van der Waals surface area contributed by atoms with Crippen molar-refractivity contribution in [3.05, 3.63) is 17.0 Å². The molecule has 0 amide bonds. The molecule has 90 valence electrons. The van der Waals surface area contributed by atoms with E-state index in [1.807, 2.05) is 34.6 Å². The van der Waals surface area contributed by atoms with Crippen molar-refractivity contribution in [3.63, 3.8) is 0 Å². The first-order valence-electron chi connectivity index (χ1n) is 5.44. The van der Waals surface area contributed by atoms with Crippen LogP contribution in [0.1, 0.15) is 43.8 Å². The van der Waals surface area contributed by atoms with Gasteiger partial charge in [0.15, 0.2) is 5.96 Å². The van der Waals surface area contributed by atoms with Crippen LogP contribution in [-0.4, -0.2) is 17.2 Å². The molecule has 0 aliphatic carbocycles. The van der Waals surface area contributed by atoms with Crippen molar-refractivity contribution >= 4 is 5.96 Å². The molecule has 16 heavy (non-hydrogen) atoms. The summed E-state index contributed by atoms with van der Waals surface area (Å²) in [5.41, 5.74) is 7.64. The van der Waals surface area contributed by atoms with Gasteiger partial charge < -0.3 is 15.6 Å². The molecule has 1 aromatic rings. The Bertz CT molecular complexity index is 362. The van der Waals surface area contributed by atoms with Gasteiger partial charge in [-0.15, -0.1) is 0 Å². The molecular weight excluding hydrogens is 204 g/mol. The summed E-state index contributed by atoms with van der Waals surface area (Å²) in [5, 5.41) is 6.95. The largest absolute Gasteiger partial charge is 0.370 e. The van der Waals surface area contributed by atoms with Gasteiger partial charge in [0.05, 0.1) is 11.7 Å². The predicted octanol–water partition coefficient (Wildman–Crippen LogP) is 1.67. The smallest absolute Gasteiger partial charge is 0.189 e. The van der Waals surface area contributed by atoms with Gasteiger partial charge in [-0.25, -0.2) is 4.99 Å². The number of guanidine groups is 1. The zero-order chi connectivity index (χ0) is 12.3. The number of nitrogens with one attached hydrogen (secondary N) is 1. The number of hydrogen-bond donors (Lipinski definition) is 2. The molecule has 0 bridgehead atoms. The minimum atomic E-state index is -0.0440. The van der Waals surface area contributed by atoms with Gasteiger partial charge in [-0.05, 0) is 34.6 Å². The van der Waals surface area contributed by atoms with Crippen LogP contribution < -0.4 is 11.1 Å². The second-order valence-corrected chi connectivity index (χ2v) is 4.23. The highest BCUT2D eigenvalue weighted by Gasteiger charge is 2.15. The SMILES string of the molecule is Cc1noc(C)c1C(C)N=C(N)NC(C)C. The molecule has 5 nitrogen and oxygen atoms in total. The molecule has 0 saturated heterocycles. The quantitative estimate of drug-likeness (QED) is 0.604. The Hall–Kier alpha value is -1.52. The molecule has 1 unspecified atom stereocenters. The van der Waals surface area contributed by atoms with Crippen LogP contribution in [0.5, 0.6) is 0 Å². The van der Waals surface area contributed by atoms with E-state index >= 15 is 0 Å². The topological polar surface area (TPSA) is 76.4 Å². The van der Waals surface area contributed by atoms with Crippen molar-refractivity contribution < 1.29 is 4.52 Å². The van der Waals surface area contributed by atoms with Gasteiger partial charge in [0, 0.05) is 11.6 Å². The zero-order valence-corrected chi connectivity index (χ0v) is 10.5. The summed E-state index contributed by atoms with van der Waals surface area (Å²) in [5.74, 6) is 1.24. The molecule has 3 N–H and O–H groups in total. The van der Waals surface area contributed by atoms with Gasteiger partial charge in [0.2, 0.25) is 0 Å². The maximum absolute atomic E-state index is 5.77. The molecule has 1 heterocycles. The number of nitrogens with zero attached hydrogens (tertiary/aromatic N) is 2. The monoisotopic (exact) mass is 224 g/mol. The van der Waals surface area contributed by atoms with Gasteiger partial charge in [-0.2, -0.15) is 0 Å². The Labute approximate surface area is 96.1 Å². The summed E-state index contributed by atoms with van der Waals surface area (Å²) in [6, 6.07) is 0.234. The van der Waals surface area contributed by atoms with Crippen LogP contribution in [0.15, 0.2) is 9.52 Å². The van der Waals surface area contributed by atoms with Gasteiger partial charge >= 0.3 is 0 Å². The fourth-order valence-corrected chi connectivity index (χ4v) is 1.69. The lowest BCUT2D eigenvalue weighted by atomic mass is 10.1. The second kappa shape index (κ2) is 5.01. The summed E-state index contributed by atoms with van der Waals surface area (Å²) >= 11 is 0. The average Bonchev–Trinajstić information content (AvgIpc) is 2.44. The minimum absolute atomic E-state index is 0.0440. The molecule has 5 heteroatoms. The van der Waals surface area contributed by atoms with Gasteiger partial charge in [0.25, 0.3) is 0 Å². The standard InChI is InChI=1S/C11H20N4O/c1-6(2)13-11(12)14-7(3)10-8(4)15-16-9(10)5/h6-7H,1-5H3,(H3,12,13,14). The van der Waals surface area contributed by atoms with Crippen molar-refractivity contribution in [3.8, 4) is 0 Å². The van der Waals surface area contributed by atoms with E-state index < -0.39 is 0 Å². The van der Waals surface area contributed by atoms with Crippen LogP contribution in [-0.2, 0) is 0 Å². The third-order valence-electron chi connectivity index (χ3n) is 2.28. The van der Waals surface area contributed by atoms with E-state index in [1.165, 1.54) is 0 Å². The lowest BCUT2D eigenvalue weighted by Gasteiger charge is -2.11. The van der Waals surface area contributed by atoms with Crippen molar-refractivity contribution in [2.75, 3.05) is 0 Å². The molecule has 0 saturated carbocycles. The molecule has 0 aliphatic rings. The number of aromatic nitrogens is 1. The maximum Gasteiger partial charge on any atom is 0.189 e. The van der Waals surface area contributed by atoms with Gasteiger partial charge in [0.1, 0.15) is 5.76 Å². The molecule has 0 aromatic carbocycles. The third kappa shape index (κ3) is 2.98. The molecule has 0 aliphatic heterocycles. The van der Waals surface area contributed by atoms with Gasteiger partial charge in [-0.1, -0.05) is 5.16 Å². The van der Waals surface area contributed by atoms with Crippen LogP contribution in [0.4, 0.5) is 0 Å². The Morgan fingerprint density at radius 1 is 1.38 bits per heavy atom. The van der Waals surface area contributed by atoms with Crippen molar-refractivity contribution in [1.82, 2.24) is 10.5 Å². The Kier molecular flexibility index (Phi) is 3.93. The third-order valence-corrected chi connectivity index (χ3v) is 2.28. The van der Waals surface area contributed by atoms with E-state index in [-0.39, 0.29) is 12.1 Å². The highest BCUT2D eigenvalue weighted by Crippen LogP contribution is 2.23. The number of rotatable bonds is 3. The summed E-state index contributed by atoms with van der Waals surface area (Å²) in [4.78, 5) is 4.36. The van der Waals surface area contributed by atoms with Crippen LogP contribution in [0.3, 0.4) is 0 Å². The van der Waals surface area contributed by atoms with Crippen LogP contribution in [0.2, 0.25) is 0 Å². The molecule has 0 fully saturated rings. The van der Waals surface area contributed by atoms with E-state index in [0.717, 1.165) is 17.0 Å². The second-order valence-electron chi connectivity index (χ2n) is 4.23. The van der Waals surface area contributed by atoms with Crippen LogP contribution in [0.25, 0.3) is 0 Å². The van der Waals surface area contributed by atoms with Gasteiger partial charge in [-0.3, -0.25) is 0 Å². The fraction of sp³-hybridized carbons (Fsp3) is 0.636. The summed E-state index contributed by atoms with van der Waals surface area (Å²) in [6.45, 7) is 9.80. The zero-order valence-electron chi connectivity index (χ0n) is 10.5. The average molecular weight is 224 g/mol. The van der Waals surface area contributed by atoms with E-state index in [2.05, 4.69) is 15.5 Å². The molecule has 1 atom stereocenters. The Balaban J connectivity index is 2.83.